The van der Waals surface area contributed by atoms with Crippen LogP contribution in [0.2, 0.25) is 0 Å². The molecule has 0 amide bonds. The van der Waals surface area contributed by atoms with Gasteiger partial charge in [0.1, 0.15) is 17.5 Å². The van der Waals surface area contributed by atoms with Crippen LogP contribution in [-0.4, -0.2) is 29.3 Å². The Morgan fingerprint density at radius 2 is 1.89 bits per heavy atom. The summed E-state index contributed by atoms with van der Waals surface area (Å²) in [6, 6.07) is 5.34. The van der Waals surface area contributed by atoms with Gasteiger partial charge in [-0.3, -0.25) is 4.98 Å². The third-order valence-electron chi connectivity index (χ3n) is 2.64. The minimum Gasteiger partial charge on any atom is -0.497 e. The molecule has 100 valence electrons. The van der Waals surface area contributed by atoms with Gasteiger partial charge in [0, 0.05) is 22.4 Å². The first kappa shape index (κ1) is 13.8. The molecule has 2 aromatic rings. The normalized spacial score (nSPS) is 12.0. The van der Waals surface area contributed by atoms with Crippen molar-refractivity contribution in [2.45, 2.75) is 6.10 Å². The zero-order valence-corrected chi connectivity index (χ0v) is 12.1. The van der Waals surface area contributed by atoms with Gasteiger partial charge < -0.3 is 14.6 Å². The highest BCUT2D eigenvalue weighted by Crippen LogP contribution is 2.33. The molecule has 0 aliphatic rings. The second kappa shape index (κ2) is 5.99. The summed E-state index contributed by atoms with van der Waals surface area (Å²) in [5, 5.41) is 10.4. The zero-order chi connectivity index (χ0) is 13.8. The zero-order valence-electron chi connectivity index (χ0n) is 10.5. The van der Waals surface area contributed by atoms with Gasteiger partial charge in [-0.15, -0.1) is 0 Å². The van der Waals surface area contributed by atoms with E-state index in [1.165, 1.54) is 19.5 Å². The fraction of sp³-hybridized carbons (Fsp3) is 0.231. The molecule has 0 spiro atoms. The van der Waals surface area contributed by atoms with E-state index in [9.17, 15) is 5.11 Å². The summed E-state index contributed by atoms with van der Waals surface area (Å²) in [7, 11) is 3.06. The lowest BCUT2D eigenvalue weighted by molar-refractivity contribution is 0.206. The maximum atomic E-state index is 10.4. The lowest BCUT2D eigenvalue weighted by Gasteiger charge is -2.15. The van der Waals surface area contributed by atoms with Crippen molar-refractivity contribution in [1.29, 1.82) is 0 Å². The molecule has 6 heteroatoms. The van der Waals surface area contributed by atoms with Crippen molar-refractivity contribution >= 4 is 15.9 Å². The summed E-state index contributed by atoms with van der Waals surface area (Å²) in [6.45, 7) is 0. The van der Waals surface area contributed by atoms with Gasteiger partial charge >= 0.3 is 0 Å². The van der Waals surface area contributed by atoms with Gasteiger partial charge in [0.2, 0.25) is 5.88 Å². The summed E-state index contributed by atoms with van der Waals surface area (Å²) in [5.41, 5.74) is 0.997. The molecular weight excluding hydrogens is 312 g/mol. The van der Waals surface area contributed by atoms with E-state index in [-0.39, 0.29) is 0 Å². The maximum Gasteiger partial charge on any atom is 0.238 e. The highest BCUT2D eigenvalue weighted by Gasteiger charge is 2.20. The van der Waals surface area contributed by atoms with Crippen molar-refractivity contribution in [2.24, 2.45) is 0 Å². The van der Waals surface area contributed by atoms with Gasteiger partial charge in [0.25, 0.3) is 0 Å². The standard InChI is InChI=1S/C13H13BrN2O3/c1-18-8-3-4-10(14)9(7-8)12(17)11-13(19-2)16-6-5-15-11/h3-7,12,17H,1-2H3. The molecule has 0 bridgehead atoms. The first-order valence-electron chi connectivity index (χ1n) is 5.53. The Hall–Kier alpha value is -1.66. The largest absolute Gasteiger partial charge is 0.497 e. The first-order chi connectivity index (χ1) is 9.17. The van der Waals surface area contributed by atoms with Crippen molar-refractivity contribution in [3.63, 3.8) is 0 Å². The van der Waals surface area contributed by atoms with Crippen molar-refractivity contribution in [3.05, 3.63) is 46.3 Å². The number of benzene rings is 1. The number of hydrogen-bond donors (Lipinski definition) is 1. The molecule has 19 heavy (non-hydrogen) atoms. The van der Waals surface area contributed by atoms with E-state index in [0.29, 0.717) is 22.9 Å². The topological polar surface area (TPSA) is 64.5 Å². The summed E-state index contributed by atoms with van der Waals surface area (Å²) in [4.78, 5) is 8.15. The second-order valence-corrected chi connectivity index (χ2v) is 4.60. The van der Waals surface area contributed by atoms with E-state index in [2.05, 4.69) is 25.9 Å². The number of methoxy groups -OCH3 is 2. The number of halogens is 1. The lowest BCUT2D eigenvalue weighted by Crippen LogP contribution is -2.07. The third-order valence-corrected chi connectivity index (χ3v) is 3.36. The van der Waals surface area contributed by atoms with Crippen LogP contribution in [0.3, 0.4) is 0 Å². The molecule has 0 radical (unpaired) electrons. The molecule has 1 unspecified atom stereocenters. The van der Waals surface area contributed by atoms with E-state index in [0.717, 1.165) is 4.47 Å². The molecule has 0 fully saturated rings. The maximum absolute atomic E-state index is 10.4. The number of aliphatic hydroxyl groups excluding tert-OH is 1. The molecule has 0 aliphatic heterocycles. The fourth-order valence-corrected chi connectivity index (χ4v) is 2.15. The number of hydrogen-bond acceptors (Lipinski definition) is 5. The van der Waals surface area contributed by atoms with Gasteiger partial charge in [0.05, 0.1) is 14.2 Å². The van der Waals surface area contributed by atoms with Crippen LogP contribution in [0.25, 0.3) is 0 Å². The Morgan fingerprint density at radius 3 is 2.58 bits per heavy atom. The van der Waals surface area contributed by atoms with Gasteiger partial charge in [0.15, 0.2) is 0 Å². The van der Waals surface area contributed by atoms with Crippen LogP contribution in [0.5, 0.6) is 11.6 Å². The second-order valence-electron chi connectivity index (χ2n) is 3.74. The van der Waals surface area contributed by atoms with Gasteiger partial charge in [-0.2, -0.15) is 0 Å². The molecule has 5 nitrogen and oxygen atoms in total. The van der Waals surface area contributed by atoms with Crippen molar-refractivity contribution < 1.29 is 14.6 Å². The molecule has 2 rings (SSSR count). The van der Waals surface area contributed by atoms with Crippen molar-refractivity contribution in [1.82, 2.24) is 9.97 Å². The van der Waals surface area contributed by atoms with E-state index < -0.39 is 6.10 Å². The number of nitrogens with zero attached hydrogens (tertiary/aromatic N) is 2. The number of rotatable bonds is 4. The number of aliphatic hydroxyl groups is 1. The van der Waals surface area contributed by atoms with E-state index in [1.54, 1.807) is 25.3 Å². The van der Waals surface area contributed by atoms with E-state index in [4.69, 9.17) is 9.47 Å². The molecule has 1 aromatic carbocycles. The minimum atomic E-state index is -0.951. The molecule has 1 N–H and O–H groups in total. The van der Waals surface area contributed by atoms with Gasteiger partial charge in [-0.05, 0) is 18.2 Å². The summed E-state index contributed by atoms with van der Waals surface area (Å²) >= 11 is 3.40. The molecule has 1 heterocycles. The highest BCUT2D eigenvalue weighted by molar-refractivity contribution is 9.10. The molecule has 1 aromatic heterocycles. The Kier molecular flexibility index (Phi) is 4.34. The average Bonchev–Trinajstić information content (AvgIpc) is 2.47. The fourth-order valence-electron chi connectivity index (χ4n) is 1.69. The monoisotopic (exact) mass is 324 g/mol. The van der Waals surface area contributed by atoms with Gasteiger partial charge in [-0.25, -0.2) is 4.98 Å². The molecule has 0 saturated carbocycles. The Morgan fingerprint density at radius 1 is 1.16 bits per heavy atom. The Balaban J connectivity index is 2.46. The van der Waals surface area contributed by atoms with Crippen LogP contribution in [-0.2, 0) is 0 Å². The average molecular weight is 325 g/mol. The van der Waals surface area contributed by atoms with Crippen LogP contribution in [0.1, 0.15) is 17.4 Å². The highest BCUT2D eigenvalue weighted by atomic mass is 79.9. The summed E-state index contributed by atoms with van der Waals surface area (Å²) < 4.78 is 11.0. The van der Waals surface area contributed by atoms with Crippen LogP contribution in [0.4, 0.5) is 0 Å². The summed E-state index contributed by atoms with van der Waals surface area (Å²) in [6.07, 6.45) is 2.07. The van der Waals surface area contributed by atoms with Crippen LogP contribution in [0, 0.1) is 0 Å². The molecule has 0 aliphatic carbocycles. The number of aromatic nitrogens is 2. The summed E-state index contributed by atoms with van der Waals surface area (Å²) in [5.74, 6) is 0.949. The Labute approximate surface area is 119 Å². The van der Waals surface area contributed by atoms with Gasteiger partial charge in [-0.1, -0.05) is 15.9 Å². The lowest BCUT2D eigenvalue weighted by atomic mass is 10.1. The predicted molar refractivity (Wildman–Crippen MR) is 73.3 cm³/mol. The van der Waals surface area contributed by atoms with Crippen LogP contribution < -0.4 is 9.47 Å². The first-order valence-corrected chi connectivity index (χ1v) is 6.33. The smallest absolute Gasteiger partial charge is 0.238 e. The van der Waals surface area contributed by atoms with Crippen molar-refractivity contribution in [2.75, 3.05) is 14.2 Å². The SMILES string of the molecule is COc1ccc(Br)c(C(O)c2nccnc2OC)c1. The van der Waals surface area contributed by atoms with Crippen LogP contribution in [0.15, 0.2) is 35.1 Å². The minimum absolute atomic E-state index is 0.296. The number of ether oxygens (including phenoxy) is 2. The van der Waals surface area contributed by atoms with E-state index >= 15 is 0 Å². The third kappa shape index (κ3) is 2.85. The van der Waals surface area contributed by atoms with E-state index in [1.807, 2.05) is 0 Å². The molecule has 0 saturated heterocycles. The predicted octanol–water partition coefficient (Wildman–Crippen LogP) is 2.34. The molecular formula is C13H13BrN2O3. The quantitative estimate of drug-likeness (QED) is 0.935. The van der Waals surface area contributed by atoms with Crippen molar-refractivity contribution in [3.8, 4) is 11.6 Å². The Bertz CT molecular complexity index is 578. The molecule has 1 atom stereocenters. The van der Waals surface area contributed by atoms with Crippen LogP contribution >= 0.6 is 15.9 Å².